The van der Waals surface area contributed by atoms with Crippen molar-refractivity contribution >= 4 is 31.4 Å². The van der Waals surface area contributed by atoms with Gasteiger partial charge in [0.1, 0.15) is 0 Å². The van der Waals surface area contributed by atoms with Crippen molar-refractivity contribution in [1.29, 1.82) is 0 Å². The Balaban J connectivity index is 1.56. The van der Waals surface area contributed by atoms with Crippen LogP contribution in [0, 0.1) is 0 Å². The molecule has 4 rings (SSSR count). The van der Waals surface area contributed by atoms with Crippen LogP contribution in [0.25, 0.3) is 11.1 Å². The summed E-state index contributed by atoms with van der Waals surface area (Å²) in [5, 5.41) is 0. The minimum atomic E-state index is -3.77. The number of aryl methyl sites for hydroxylation is 1. The summed E-state index contributed by atoms with van der Waals surface area (Å²) < 4.78 is 55.1. The summed E-state index contributed by atoms with van der Waals surface area (Å²) in [7, 11) is -7.14. The lowest BCUT2D eigenvalue weighted by molar-refractivity contribution is 0.585. The molecule has 0 radical (unpaired) electrons. The maximum Gasteiger partial charge on any atom is 0.261 e. The zero-order valence-electron chi connectivity index (χ0n) is 17.9. The first-order valence-corrected chi connectivity index (χ1v) is 13.7. The molecule has 3 aromatic carbocycles. The van der Waals surface area contributed by atoms with Gasteiger partial charge in [0.05, 0.1) is 16.3 Å². The van der Waals surface area contributed by atoms with Crippen LogP contribution in [0.2, 0.25) is 0 Å². The van der Waals surface area contributed by atoms with Crippen LogP contribution in [0.3, 0.4) is 0 Å². The summed E-state index contributed by atoms with van der Waals surface area (Å²) >= 11 is 0. The van der Waals surface area contributed by atoms with Crippen molar-refractivity contribution in [3.8, 4) is 11.1 Å². The molecule has 3 aromatic rings. The molecule has 0 amide bonds. The van der Waals surface area contributed by atoms with Crippen LogP contribution in [-0.2, 0) is 26.5 Å². The first-order chi connectivity index (χ1) is 15.3. The molecule has 8 heteroatoms. The highest BCUT2D eigenvalue weighted by Gasteiger charge is 2.27. The molecule has 168 valence electrons. The molecule has 6 nitrogen and oxygen atoms in total. The molecule has 1 heterocycles. The Kier molecular flexibility index (Phi) is 6.26. The third-order valence-corrected chi connectivity index (χ3v) is 8.85. The Hall–Kier alpha value is -2.84. The zero-order chi connectivity index (χ0) is 22.8. The van der Waals surface area contributed by atoms with Crippen molar-refractivity contribution in [2.75, 3.05) is 21.3 Å². The number of rotatable bonds is 7. The van der Waals surface area contributed by atoms with Crippen molar-refractivity contribution in [1.82, 2.24) is 0 Å². The second-order valence-corrected chi connectivity index (χ2v) is 11.5. The average Bonchev–Trinajstić information content (AvgIpc) is 2.79. The van der Waals surface area contributed by atoms with Crippen LogP contribution in [0.5, 0.6) is 0 Å². The number of anilines is 2. The molecule has 1 aliphatic heterocycles. The highest BCUT2D eigenvalue weighted by molar-refractivity contribution is 7.93. The van der Waals surface area contributed by atoms with E-state index in [4.69, 9.17) is 0 Å². The van der Waals surface area contributed by atoms with Gasteiger partial charge in [0.25, 0.3) is 10.0 Å². The van der Waals surface area contributed by atoms with Crippen molar-refractivity contribution in [3.05, 3.63) is 78.4 Å². The Morgan fingerprint density at radius 1 is 0.875 bits per heavy atom. The highest BCUT2D eigenvalue weighted by atomic mass is 32.2. The van der Waals surface area contributed by atoms with E-state index in [2.05, 4.69) is 4.72 Å². The first kappa shape index (κ1) is 22.4. The van der Waals surface area contributed by atoms with E-state index in [1.807, 2.05) is 37.3 Å². The molecule has 32 heavy (non-hydrogen) atoms. The topological polar surface area (TPSA) is 83.6 Å². The molecule has 0 atom stereocenters. The van der Waals surface area contributed by atoms with Crippen molar-refractivity contribution in [2.45, 2.75) is 31.1 Å². The summed E-state index contributed by atoms with van der Waals surface area (Å²) in [5.74, 6) is 0.0970. The molecule has 1 aliphatic rings. The third-order valence-electron chi connectivity index (χ3n) is 5.48. The van der Waals surface area contributed by atoms with E-state index in [1.165, 1.54) is 4.31 Å². The second kappa shape index (κ2) is 8.96. The minimum Gasteiger partial charge on any atom is -0.280 e. The summed E-state index contributed by atoms with van der Waals surface area (Å²) in [6.07, 6.45) is 1.96. The van der Waals surface area contributed by atoms with Gasteiger partial charge in [-0.2, -0.15) is 0 Å². The molecule has 0 spiro atoms. The molecule has 0 saturated heterocycles. The lowest BCUT2D eigenvalue weighted by Gasteiger charge is -2.30. The number of benzene rings is 3. The third kappa shape index (κ3) is 4.66. The van der Waals surface area contributed by atoms with E-state index in [-0.39, 0.29) is 10.6 Å². The predicted octanol–water partition coefficient (Wildman–Crippen LogP) is 4.65. The van der Waals surface area contributed by atoms with Crippen molar-refractivity contribution in [3.63, 3.8) is 0 Å². The summed E-state index contributed by atoms with van der Waals surface area (Å²) in [6.45, 7) is 2.29. The normalized spacial score (nSPS) is 14.1. The number of nitrogens with zero attached hydrogens (tertiary/aromatic N) is 1. The van der Waals surface area contributed by atoms with E-state index in [9.17, 15) is 16.8 Å². The van der Waals surface area contributed by atoms with Gasteiger partial charge in [-0.1, -0.05) is 49.4 Å². The van der Waals surface area contributed by atoms with Gasteiger partial charge in [0, 0.05) is 12.2 Å². The quantitative estimate of drug-likeness (QED) is 0.545. The van der Waals surface area contributed by atoms with Crippen LogP contribution in [0.15, 0.2) is 77.7 Å². The molecule has 0 saturated carbocycles. The van der Waals surface area contributed by atoms with Crippen LogP contribution < -0.4 is 9.03 Å². The number of sulfonamides is 2. The molecule has 0 bridgehead atoms. The van der Waals surface area contributed by atoms with E-state index in [0.29, 0.717) is 37.2 Å². The van der Waals surface area contributed by atoms with Crippen LogP contribution in [-0.4, -0.2) is 29.1 Å². The van der Waals surface area contributed by atoms with Gasteiger partial charge in [-0.25, -0.2) is 16.8 Å². The zero-order valence-corrected chi connectivity index (χ0v) is 19.5. The SMILES string of the molecule is CCCS(=O)(=O)N1CCCc2cc(NS(=O)(=O)c3ccc(-c4ccccc4)cc3)ccc21. The predicted molar refractivity (Wildman–Crippen MR) is 129 cm³/mol. The van der Waals surface area contributed by atoms with Gasteiger partial charge in [-0.15, -0.1) is 0 Å². The van der Waals surface area contributed by atoms with Crippen molar-refractivity contribution in [2.24, 2.45) is 0 Å². The Bertz CT molecular complexity index is 1300. The number of hydrogen-bond donors (Lipinski definition) is 1. The standard InChI is InChI=1S/C24H26N2O4S2/c1-2-17-31(27,28)26-16-6-9-21-18-22(12-15-24(21)26)25-32(29,30)23-13-10-20(11-14-23)19-7-4-3-5-8-19/h3-5,7-8,10-15,18,25H,2,6,9,16-17H2,1H3. The molecular weight excluding hydrogens is 444 g/mol. The Morgan fingerprint density at radius 3 is 2.25 bits per heavy atom. The van der Waals surface area contributed by atoms with Crippen LogP contribution >= 0.6 is 0 Å². The summed E-state index contributed by atoms with van der Waals surface area (Å²) in [5.41, 5.74) is 3.84. The minimum absolute atomic E-state index is 0.0970. The van der Waals surface area contributed by atoms with Gasteiger partial charge in [-0.3, -0.25) is 9.03 Å². The smallest absolute Gasteiger partial charge is 0.261 e. The highest BCUT2D eigenvalue weighted by Crippen LogP contribution is 2.32. The van der Waals surface area contributed by atoms with Gasteiger partial charge in [0.2, 0.25) is 10.0 Å². The van der Waals surface area contributed by atoms with Crippen LogP contribution in [0.4, 0.5) is 11.4 Å². The number of hydrogen-bond acceptors (Lipinski definition) is 4. The Morgan fingerprint density at radius 2 is 1.56 bits per heavy atom. The fraction of sp³-hybridized carbons (Fsp3) is 0.250. The fourth-order valence-electron chi connectivity index (χ4n) is 3.95. The average molecular weight is 471 g/mol. The number of fused-ring (bicyclic) bond motifs is 1. The van der Waals surface area contributed by atoms with Gasteiger partial charge < -0.3 is 0 Å². The summed E-state index contributed by atoms with van der Waals surface area (Å²) in [4.78, 5) is 0.169. The van der Waals surface area contributed by atoms with Gasteiger partial charge in [0.15, 0.2) is 0 Å². The van der Waals surface area contributed by atoms with Crippen LogP contribution in [0.1, 0.15) is 25.3 Å². The molecule has 0 aliphatic carbocycles. The maximum absolute atomic E-state index is 12.9. The van der Waals surface area contributed by atoms with E-state index < -0.39 is 20.0 Å². The summed E-state index contributed by atoms with van der Waals surface area (Å²) in [6, 6.07) is 21.5. The molecule has 0 fully saturated rings. The molecule has 1 N–H and O–H groups in total. The Labute approximate surface area is 190 Å². The molecule has 0 unspecified atom stereocenters. The first-order valence-electron chi connectivity index (χ1n) is 10.6. The van der Waals surface area contributed by atoms with E-state index in [0.717, 1.165) is 16.7 Å². The molecular formula is C24H26N2O4S2. The van der Waals surface area contributed by atoms with Gasteiger partial charge in [-0.05, 0) is 66.3 Å². The molecule has 0 aromatic heterocycles. The van der Waals surface area contributed by atoms with Gasteiger partial charge >= 0.3 is 0 Å². The second-order valence-electron chi connectivity index (χ2n) is 7.83. The lowest BCUT2D eigenvalue weighted by atomic mass is 10.0. The van der Waals surface area contributed by atoms with Crippen molar-refractivity contribution < 1.29 is 16.8 Å². The number of nitrogens with one attached hydrogen (secondary N) is 1. The monoisotopic (exact) mass is 470 g/mol. The van der Waals surface area contributed by atoms with E-state index >= 15 is 0 Å². The largest absolute Gasteiger partial charge is 0.280 e. The maximum atomic E-state index is 12.9. The van der Waals surface area contributed by atoms with E-state index in [1.54, 1.807) is 42.5 Å². The fourth-order valence-corrected chi connectivity index (χ4v) is 6.63. The lowest BCUT2D eigenvalue weighted by Crippen LogP contribution is -2.37.